The van der Waals surface area contributed by atoms with Gasteiger partial charge in [0.2, 0.25) is 5.75 Å². The fourth-order valence-electron chi connectivity index (χ4n) is 16.4. The number of rotatable bonds is 10. The molecule has 448 valence electrons. The second-order valence-electron chi connectivity index (χ2n) is 25.4. The zero-order valence-electron chi connectivity index (χ0n) is 48.6. The molecule has 0 unspecified atom stereocenters. The van der Waals surface area contributed by atoms with Crippen LogP contribution >= 0.6 is 0 Å². The molecule has 9 aliphatic rings. The van der Waals surface area contributed by atoms with Crippen molar-refractivity contribution in [3.63, 3.8) is 0 Å². The van der Waals surface area contributed by atoms with E-state index in [1.165, 1.54) is 24.3 Å². The molecule has 18 heteroatoms. The average Bonchev–Trinajstić information content (AvgIpc) is 1.09. The Balaban J connectivity index is 0.938. The van der Waals surface area contributed by atoms with Gasteiger partial charge in [-0.25, -0.2) is 0 Å². The summed E-state index contributed by atoms with van der Waals surface area (Å²) >= 11 is 0. The van der Waals surface area contributed by atoms with E-state index in [9.17, 15) is 25.2 Å². The SMILES string of the molecule is CC(=O)O[C@H]1C[C@@H](c2cc(O)c(O)c(OCCc3cccnc3)c2)O[C@@H]2[C@@H]1C=C[C@@H]1C#C[C@@H]3[C@@H]4CCC[C@@]35NC(=NCCCC3=CCNC(N)=C3)N[C@@H]3n6cc7[nH]ccc7c6CC[C@@]35[C@@H](O)N[C@@H]3CCCC[C@@H]3C#CC[C@@]21Cc1ccc(O)c(c1)O4. The number of carbonyl (C=O) groups is 1. The highest BCUT2D eigenvalue weighted by atomic mass is 16.6. The number of pyridine rings is 1. The highest BCUT2D eigenvalue weighted by molar-refractivity contribution is 5.85. The number of aromatic hydroxyl groups is 3. The van der Waals surface area contributed by atoms with Crippen molar-refractivity contribution in [1.29, 1.82) is 0 Å². The van der Waals surface area contributed by atoms with Crippen LogP contribution in [0.15, 0.2) is 114 Å². The summed E-state index contributed by atoms with van der Waals surface area (Å²) in [5.74, 6) is 14.5. The second kappa shape index (κ2) is 22.7. The largest absolute Gasteiger partial charge is 0.504 e. The van der Waals surface area contributed by atoms with E-state index in [0.717, 1.165) is 67.0 Å². The maximum absolute atomic E-state index is 13.9. The molecule has 2 aromatic carbocycles. The Morgan fingerprint density at radius 1 is 1.01 bits per heavy atom. The van der Waals surface area contributed by atoms with Crippen LogP contribution < -0.4 is 36.5 Å². The Labute approximate surface area is 501 Å². The number of allylic oxidation sites excluding steroid dienone is 3. The highest BCUT2D eigenvalue weighted by Gasteiger charge is 2.70. The Morgan fingerprint density at radius 3 is 2.79 bits per heavy atom. The lowest BCUT2D eigenvalue weighted by atomic mass is 9.51. The van der Waals surface area contributed by atoms with Crippen molar-refractivity contribution < 1.29 is 44.2 Å². The van der Waals surface area contributed by atoms with Crippen LogP contribution in [0.1, 0.15) is 119 Å². The number of carbonyl (C=O) groups excluding carboxylic acids is 1. The van der Waals surface area contributed by atoms with Gasteiger partial charge < -0.3 is 70.6 Å². The lowest BCUT2D eigenvalue weighted by Gasteiger charge is -2.65. The number of fused-ring (bicyclic) bond motifs is 8. The van der Waals surface area contributed by atoms with Crippen molar-refractivity contribution in [2.24, 2.45) is 45.2 Å². The summed E-state index contributed by atoms with van der Waals surface area (Å²) in [6, 6.07) is 14.6. The summed E-state index contributed by atoms with van der Waals surface area (Å²) in [5, 5.41) is 64.9. The first-order chi connectivity index (χ1) is 41.9. The van der Waals surface area contributed by atoms with Crippen LogP contribution in [0.3, 0.4) is 0 Å². The number of aliphatic imine (C=N–C) groups is 1. The lowest BCUT2D eigenvalue weighted by Crippen LogP contribution is -2.81. The van der Waals surface area contributed by atoms with Crippen molar-refractivity contribution in [3.05, 3.63) is 131 Å². The van der Waals surface area contributed by atoms with Crippen LogP contribution in [0.4, 0.5) is 0 Å². The van der Waals surface area contributed by atoms with E-state index < -0.39 is 76.9 Å². The number of aliphatic hydroxyl groups is 1. The molecule has 86 heavy (non-hydrogen) atoms. The molecule has 0 radical (unpaired) electrons. The molecule has 9 heterocycles. The normalized spacial score (nSPS) is 33.5. The van der Waals surface area contributed by atoms with Crippen molar-refractivity contribution in [1.82, 2.24) is 35.8 Å². The number of aryl methyl sites for hydroxylation is 1. The maximum atomic E-state index is 13.9. The van der Waals surface area contributed by atoms with E-state index in [4.69, 9.17) is 29.7 Å². The number of nitrogens with one attached hydrogen (secondary N) is 5. The second-order valence-corrected chi connectivity index (χ2v) is 25.4. The minimum atomic E-state index is -1.07. The van der Waals surface area contributed by atoms with Gasteiger partial charge in [-0.05, 0) is 129 Å². The fraction of sp³-hybridized carbons (Fsp3) is 0.485. The number of aromatic nitrogens is 3. The number of esters is 1. The van der Waals surface area contributed by atoms with Gasteiger partial charge in [-0.2, -0.15) is 0 Å². The minimum Gasteiger partial charge on any atom is -0.504 e. The number of aliphatic hydroxyl groups excluding tert-OH is 1. The van der Waals surface area contributed by atoms with E-state index >= 15 is 0 Å². The van der Waals surface area contributed by atoms with E-state index in [-0.39, 0.29) is 48.0 Å². The van der Waals surface area contributed by atoms with Crippen LogP contribution in [0.5, 0.6) is 28.7 Å². The van der Waals surface area contributed by atoms with Gasteiger partial charge in [-0.1, -0.05) is 61.0 Å². The highest BCUT2D eigenvalue weighted by Crippen LogP contribution is 2.61. The van der Waals surface area contributed by atoms with Gasteiger partial charge in [-0.15, -0.1) is 5.92 Å². The van der Waals surface area contributed by atoms with Gasteiger partial charge in [0.15, 0.2) is 29.0 Å². The molecule has 18 nitrogen and oxygen atoms in total. The van der Waals surface area contributed by atoms with E-state index in [0.29, 0.717) is 81.1 Å². The molecule has 11 N–H and O–H groups in total. The molecule has 2 saturated carbocycles. The van der Waals surface area contributed by atoms with Crippen LogP contribution in [0.2, 0.25) is 0 Å². The zero-order valence-corrected chi connectivity index (χ0v) is 48.6. The summed E-state index contributed by atoms with van der Waals surface area (Å²) in [6.45, 7) is 2.83. The first-order valence-electron chi connectivity index (χ1n) is 31.0. The van der Waals surface area contributed by atoms with Crippen LogP contribution in [0, 0.1) is 58.2 Å². The monoisotopic (exact) mass is 1160 g/mol. The third kappa shape index (κ3) is 9.87. The van der Waals surface area contributed by atoms with Crippen molar-refractivity contribution in [3.8, 4) is 52.4 Å². The number of nitrogens with two attached hydrogens (primary N) is 1. The standard InChI is InChI=1S/C68H77N9O9/c1-40(78)84-57-36-56(45-34-54(80)61(81)59(35-45)83-31-23-42-9-6-27-70-38-42)86-62-48(57)17-15-46-16-18-49-55-13-5-25-68(49)67(64(82)74-50-12-3-2-10-44(50)11-4-24-66(46,62)37-43-14-19-53(79)58(32-43)85-55)26-20-52-47-22-30-71-51(47)39-77(52)63(67)75-65(76-68)73-28-7-8-41-21-29-72-60(69)33-41/h6,9,14-15,17,19,21-22,27,30,32-35,38-39,44,46,48-50,55-57,62-64,71-72,74,79-82H,2-3,5,7-8,10,12-13,20,23-26,28-29,31,36-37,69H2,1H3,(H2,73,75,76)/t44-,46-,48-,49-,50-,55+,56+,57+,62-,63-,64-,66+,67+,68-/m1/s1. The molecular weight excluding hydrogens is 1090 g/mol. The van der Waals surface area contributed by atoms with Crippen LogP contribution in [-0.2, 0) is 33.5 Å². The van der Waals surface area contributed by atoms with Crippen LogP contribution in [0.25, 0.3) is 10.9 Å². The maximum Gasteiger partial charge on any atom is 0.302 e. The van der Waals surface area contributed by atoms with Crippen LogP contribution in [-0.4, -0.2) is 103 Å². The van der Waals surface area contributed by atoms with E-state index in [1.807, 2.05) is 36.5 Å². The molecule has 2 spiro atoms. The number of hydrogen-bond acceptors (Lipinski definition) is 14. The average molecular weight is 1160 g/mol. The molecule has 4 fully saturated rings. The smallest absolute Gasteiger partial charge is 0.302 e. The summed E-state index contributed by atoms with van der Waals surface area (Å²) in [6.07, 6.45) is 21.8. The molecule has 6 aliphatic heterocycles. The molecular formula is C68H77N9O9. The Hall–Kier alpha value is -8.03. The molecule has 14 rings (SSSR count). The summed E-state index contributed by atoms with van der Waals surface area (Å²) < 4.78 is 29.8. The third-order valence-electron chi connectivity index (χ3n) is 20.5. The number of benzene rings is 2. The molecule has 2 saturated heterocycles. The fourth-order valence-corrected chi connectivity index (χ4v) is 16.4. The predicted octanol–water partition coefficient (Wildman–Crippen LogP) is 7.86. The van der Waals surface area contributed by atoms with E-state index in [1.54, 1.807) is 24.5 Å². The summed E-state index contributed by atoms with van der Waals surface area (Å²) in [7, 11) is 0. The Morgan fingerprint density at radius 2 is 1.92 bits per heavy atom. The molecule has 0 amide bonds. The third-order valence-corrected chi connectivity index (χ3v) is 20.5. The molecule has 14 atom stereocenters. The van der Waals surface area contributed by atoms with Crippen molar-refractivity contribution in [2.75, 3.05) is 19.7 Å². The molecule has 4 bridgehead atoms. The van der Waals surface area contributed by atoms with Crippen molar-refractivity contribution >= 4 is 22.8 Å². The van der Waals surface area contributed by atoms with Gasteiger partial charge in [0.25, 0.3) is 0 Å². The Bertz CT molecular complexity index is 3680. The number of hydrogen-bond donors (Lipinski definition) is 10. The summed E-state index contributed by atoms with van der Waals surface area (Å²) in [5.41, 5.74) is 9.00. The number of phenols is 3. The number of H-pyrrole nitrogens is 1. The van der Waals surface area contributed by atoms with E-state index in [2.05, 4.69) is 90.0 Å². The molecule has 5 aromatic rings. The molecule has 3 aliphatic carbocycles. The number of phenolic OH excluding ortho intramolecular Hbond substituents is 3. The lowest BCUT2D eigenvalue weighted by molar-refractivity contribution is -0.197. The quantitative estimate of drug-likeness (QED) is 0.0210. The topological polar surface area (TPSA) is 255 Å². The van der Waals surface area contributed by atoms with Gasteiger partial charge in [0.1, 0.15) is 24.6 Å². The number of nitrogens with zero attached hydrogens (tertiary/aromatic N) is 3. The van der Waals surface area contributed by atoms with Crippen molar-refractivity contribution in [2.45, 2.75) is 152 Å². The van der Waals surface area contributed by atoms with Gasteiger partial charge in [0, 0.05) is 104 Å². The number of guanidine groups is 1. The van der Waals surface area contributed by atoms with Gasteiger partial charge in [-0.3, -0.25) is 20.1 Å². The zero-order chi connectivity index (χ0) is 58.7. The summed E-state index contributed by atoms with van der Waals surface area (Å²) in [4.78, 5) is 26.4. The first-order valence-corrected chi connectivity index (χ1v) is 31.0. The Kier molecular flexibility index (Phi) is 14.7. The first kappa shape index (κ1) is 55.8. The van der Waals surface area contributed by atoms with Gasteiger partial charge in [0.05, 0.1) is 47.0 Å². The molecule has 3 aromatic heterocycles. The predicted molar refractivity (Wildman–Crippen MR) is 323 cm³/mol. The van der Waals surface area contributed by atoms with Gasteiger partial charge >= 0.3 is 5.97 Å². The number of aromatic amines is 1. The minimum absolute atomic E-state index is 0.00243. The number of dihydropyridines is 1. The number of ether oxygens (including phenoxy) is 4.